The molecule has 1 unspecified atom stereocenters. The Morgan fingerprint density at radius 2 is 1.83 bits per heavy atom. The molecule has 1 heterocycles. The summed E-state index contributed by atoms with van der Waals surface area (Å²) in [7, 11) is 2.63. The molecule has 122 valence electrons. The first-order chi connectivity index (χ1) is 10.1. The summed E-state index contributed by atoms with van der Waals surface area (Å²) in [5, 5.41) is 5.52. The van der Waals surface area contributed by atoms with E-state index in [1.807, 2.05) is 0 Å². The molecule has 0 amide bonds. The van der Waals surface area contributed by atoms with Gasteiger partial charge in [0.2, 0.25) is 0 Å². The fourth-order valence-corrected chi connectivity index (χ4v) is 2.16. The molecule has 10 heteroatoms. The van der Waals surface area contributed by atoms with E-state index in [1.165, 1.54) is 20.3 Å². The maximum absolute atomic E-state index is 13.1. The number of carbonyl (C=O) groups is 1. The van der Waals surface area contributed by atoms with Gasteiger partial charge in [-0.05, 0) is 12.1 Å². The van der Waals surface area contributed by atoms with Gasteiger partial charge in [-0.25, -0.2) is 4.79 Å². The molecule has 0 saturated heterocycles. The van der Waals surface area contributed by atoms with Crippen molar-refractivity contribution < 1.29 is 68.3 Å². The first-order valence-electron chi connectivity index (χ1n) is 5.80. The van der Waals surface area contributed by atoms with E-state index in [2.05, 4.69) is 0 Å². The molecule has 0 radical (unpaired) electrons. The van der Waals surface area contributed by atoms with Crippen LogP contribution in [0.5, 0.6) is 17.2 Å². The van der Waals surface area contributed by atoms with Crippen LogP contribution in [-0.2, 0) is 4.79 Å². The van der Waals surface area contributed by atoms with E-state index in [-0.39, 0.29) is 53.8 Å². The molecular formula is C13H11ClF3NaO5. The van der Waals surface area contributed by atoms with Crippen LogP contribution in [0.3, 0.4) is 0 Å². The third kappa shape index (κ3) is 3.40. The van der Waals surface area contributed by atoms with E-state index >= 15 is 0 Å². The Labute approximate surface area is 157 Å². The van der Waals surface area contributed by atoms with Crippen LogP contribution in [0, 0.1) is 0 Å². The van der Waals surface area contributed by atoms with E-state index in [4.69, 9.17) is 30.9 Å². The van der Waals surface area contributed by atoms with Gasteiger partial charge in [-0.1, -0.05) is 11.6 Å². The van der Waals surface area contributed by atoms with Gasteiger partial charge in [-0.15, -0.1) is 0 Å². The summed E-state index contributed by atoms with van der Waals surface area (Å²) >= 11 is 5.44. The molecule has 0 aliphatic carbocycles. The van der Waals surface area contributed by atoms with E-state index in [1.54, 1.807) is 0 Å². The van der Waals surface area contributed by atoms with Crippen molar-refractivity contribution >= 4 is 23.6 Å². The Kier molecular flexibility index (Phi) is 5.90. The van der Waals surface area contributed by atoms with Crippen LogP contribution < -0.4 is 43.8 Å². The van der Waals surface area contributed by atoms with Gasteiger partial charge >= 0.3 is 46.8 Å². The number of methoxy groups -OCH3 is 2. The van der Waals surface area contributed by atoms with Crippen LogP contribution in [-0.4, -0.2) is 36.5 Å². The van der Waals surface area contributed by atoms with Crippen LogP contribution in [0.25, 0.3) is 6.08 Å². The Balaban J connectivity index is 0.00000264. The molecule has 1 aliphatic heterocycles. The Morgan fingerprint density at radius 1 is 1.30 bits per heavy atom. The van der Waals surface area contributed by atoms with Gasteiger partial charge in [-0.3, -0.25) is 0 Å². The smallest absolute Gasteiger partial charge is 1.00 e. The van der Waals surface area contributed by atoms with Crippen molar-refractivity contribution in [1.29, 1.82) is 0 Å². The van der Waals surface area contributed by atoms with Crippen LogP contribution in [0.2, 0.25) is 0 Å². The zero-order chi connectivity index (χ0) is 16.7. The number of halogens is 4. The summed E-state index contributed by atoms with van der Waals surface area (Å²) in [6.07, 6.45) is -4.34. The number of carboxylic acids is 1. The molecule has 0 fully saturated rings. The summed E-state index contributed by atoms with van der Waals surface area (Å²) in [5.74, 6) is -1.78. The van der Waals surface area contributed by atoms with E-state index < -0.39 is 22.8 Å². The minimum absolute atomic E-state index is 0. The van der Waals surface area contributed by atoms with Gasteiger partial charge in [-0.2, -0.15) is 13.2 Å². The van der Waals surface area contributed by atoms with Crippen molar-refractivity contribution in [2.45, 2.75) is 11.2 Å². The Bertz CT molecular complexity index is 668. The van der Waals surface area contributed by atoms with Crippen LogP contribution in [0.15, 0.2) is 17.7 Å². The average molecular weight is 363 g/mol. The molecule has 0 bridgehead atoms. The van der Waals surface area contributed by atoms with Gasteiger partial charge in [0.15, 0.2) is 11.5 Å². The maximum atomic E-state index is 13.1. The third-order valence-electron chi connectivity index (χ3n) is 3.01. The van der Waals surface area contributed by atoms with Crippen molar-refractivity contribution in [2.75, 3.05) is 14.2 Å². The molecule has 1 aromatic carbocycles. The zero-order valence-electron chi connectivity index (χ0n) is 13.3. The number of ether oxygens (including phenoxy) is 3. The van der Waals surface area contributed by atoms with Crippen LogP contribution in [0.4, 0.5) is 13.2 Å². The number of benzene rings is 1. The number of carboxylic acid groups (broad SMARTS) is 1. The number of rotatable bonds is 3. The largest absolute Gasteiger partial charge is 1.00 e. The van der Waals surface area contributed by atoms with Gasteiger partial charge in [0.05, 0.1) is 14.2 Å². The second kappa shape index (κ2) is 6.80. The first-order valence-corrected chi connectivity index (χ1v) is 6.18. The molecule has 1 N–H and O–H groups in total. The van der Waals surface area contributed by atoms with Gasteiger partial charge in [0.25, 0.3) is 0 Å². The number of fused-ring (bicyclic) bond motifs is 1. The number of aliphatic carboxylic acids is 1. The molecule has 0 spiro atoms. The number of alkyl halides is 4. The second-order valence-corrected chi connectivity index (χ2v) is 4.84. The summed E-state index contributed by atoms with van der Waals surface area (Å²) in [5.41, 5.74) is -1.06. The molecule has 1 aromatic rings. The topological polar surface area (TPSA) is 65.0 Å². The second-order valence-electron chi connectivity index (χ2n) is 4.30. The maximum Gasteiger partial charge on any atom is 1.00 e. The molecule has 1 aliphatic rings. The molecule has 0 aromatic heterocycles. The van der Waals surface area contributed by atoms with Gasteiger partial charge in [0, 0.05) is 11.6 Å². The third-order valence-corrected chi connectivity index (χ3v) is 3.50. The molecule has 2 rings (SSSR count). The zero-order valence-corrected chi connectivity index (χ0v) is 15.1. The van der Waals surface area contributed by atoms with Crippen molar-refractivity contribution in [1.82, 2.24) is 0 Å². The SMILES string of the molecule is COc1cc2c(cc1OC)OC(Cl)(C(F)(F)F)C(C(=O)O)=C2.[H-].[Na+]. The minimum atomic E-state index is -5.14. The minimum Gasteiger partial charge on any atom is -1.00 e. The number of hydrogen-bond donors (Lipinski definition) is 1. The predicted octanol–water partition coefficient (Wildman–Crippen LogP) is 0.178. The van der Waals surface area contributed by atoms with E-state index in [0.717, 1.165) is 12.1 Å². The molecular weight excluding hydrogens is 352 g/mol. The Hall–Kier alpha value is -1.09. The number of hydrogen-bond acceptors (Lipinski definition) is 4. The summed E-state index contributed by atoms with van der Waals surface area (Å²) < 4.78 is 54.1. The summed E-state index contributed by atoms with van der Waals surface area (Å²) in [4.78, 5) is 11.1. The predicted molar refractivity (Wildman–Crippen MR) is 71.5 cm³/mol. The molecule has 0 saturated carbocycles. The standard InChI is InChI=1S/C13H10ClF3O5.Na.H/c1-20-9-4-6-3-7(11(18)19)12(14,13(15,16)17)22-8(6)5-10(9)21-2;;/h3-5H,1-2H3,(H,18,19);;/q;+1;-1. The average Bonchev–Trinajstić information content (AvgIpc) is 2.43. The molecule has 23 heavy (non-hydrogen) atoms. The summed E-state index contributed by atoms with van der Waals surface area (Å²) in [6, 6.07) is 2.44. The normalized spacial score (nSPS) is 19.7. The van der Waals surface area contributed by atoms with E-state index in [0.29, 0.717) is 0 Å². The molecule has 1 atom stereocenters. The van der Waals surface area contributed by atoms with Gasteiger partial charge in [0.1, 0.15) is 11.3 Å². The monoisotopic (exact) mass is 362 g/mol. The van der Waals surface area contributed by atoms with Crippen molar-refractivity contribution in [2.24, 2.45) is 0 Å². The Morgan fingerprint density at radius 3 is 2.26 bits per heavy atom. The summed E-state index contributed by atoms with van der Waals surface area (Å²) in [6.45, 7) is 0. The van der Waals surface area contributed by atoms with Crippen LogP contribution in [0.1, 0.15) is 6.99 Å². The fraction of sp³-hybridized carbons (Fsp3) is 0.308. The molecule has 5 nitrogen and oxygen atoms in total. The quantitative estimate of drug-likeness (QED) is 0.614. The van der Waals surface area contributed by atoms with Crippen molar-refractivity contribution in [3.05, 3.63) is 23.3 Å². The fourth-order valence-electron chi connectivity index (χ4n) is 1.94. The van der Waals surface area contributed by atoms with E-state index in [9.17, 15) is 18.0 Å². The van der Waals surface area contributed by atoms with Crippen LogP contribution >= 0.6 is 11.6 Å². The first kappa shape index (κ1) is 20.0. The van der Waals surface area contributed by atoms with Crippen molar-refractivity contribution in [3.8, 4) is 17.2 Å². The van der Waals surface area contributed by atoms with Gasteiger partial charge < -0.3 is 20.7 Å². The van der Waals surface area contributed by atoms with Crippen molar-refractivity contribution in [3.63, 3.8) is 0 Å².